The van der Waals surface area contributed by atoms with Gasteiger partial charge in [0, 0.05) is 60.6 Å². The Bertz CT molecular complexity index is 1600. The molecular formula is C30H30FN9O. The lowest BCUT2D eigenvalue weighted by molar-refractivity contribution is 0.102. The van der Waals surface area contributed by atoms with Gasteiger partial charge in [0.05, 0.1) is 36.5 Å². The van der Waals surface area contributed by atoms with Crippen molar-refractivity contribution in [1.82, 2.24) is 30.4 Å². The molecule has 0 aliphatic heterocycles. The third kappa shape index (κ3) is 8.44. The maximum atomic E-state index is 14.5. The molecular weight excluding hydrogens is 521 g/mol. The van der Waals surface area contributed by atoms with Crippen LogP contribution < -0.4 is 21.3 Å². The lowest BCUT2D eigenvalue weighted by atomic mass is 10.0. The van der Waals surface area contributed by atoms with Gasteiger partial charge in [-0.15, -0.1) is 0 Å². The van der Waals surface area contributed by atoms with Crippen molar-refractivity contribution in [3.63, 3.8) is 0 Å². The molecule has 0 unspecified atom stereocenters. The van der Waals surface area contributed by atoms with Crippen molar-refractivity contribution in [1.29, 1.82) is 5.26 Å². The van der Waals surface area contributed by atoms with Gasteiger partial charge in [-0.3, -0.25) is 9.48 Å². The fraction of sp³-hybridized carbons (Fsp3) is 0.233. The number of amides is 1. The number of likely N-dealkylation sites (N-methyl/N-ethyl adjacent to an activating group) is 1. The highest BCUT2D eigenvalue weighted by Crippen LogP contribution is 2.17. The minimum atomic E-state index is -0.385. The average molecular weight is 552 g/mol. The molecule has 0 bridgehead atoms. The van der Waals surface area contributed by atoms with Gasteiger partial charge in [0.15, 0.2) is 0 Å². The number of halogens is 1. The van der Waals surface area contributed by atoms with Crippen molar-refractivity contribution in [2.75, 3.05) is 30.8 Å². The van der Waals surface area contributed by atoms with E-state index in [9.17, 15) is 9.18 Å². The van der Waals surface area contributed by atoms with Crippen molar-refractivity contribution in [3.8, 4) is 17.9 Å². The van der Waals surface area contributed by atoms with E-state index < -0.39 is 0 Å². The molecule has 0 saturated heterocycles. The summed E-state index contributed by atoms with van der Waals surface area (Å²) in [5, 5.41) is 24.9. The van der Waals surface area contributed by atoms with Gasteiger partial charge < -0.3 is 21.3 Å². The van der Waals surface area contributed by atoms with Gasteiger partial charge in [0.1, 0.15) is 5.82 Å². The predicted octanol–water partition coefficient (Wildman–Crippen LogP) is 3.74. The summed E-state index contributed by atoms with van der Waals surface area (Å²) >= 11 is 0. The van der Waals surface area contributed by atoms with Gasteiger partial charge in [-0.25, -0.2) is 14.4 Å². The quantitative estimate of drug-likeness (QED) is 0.164. The Balaban J connectivity index is 1.38. The normalized spacial score (nSPS) is 10.4. The van der Waals surface area contributed by atoms with Gasteiger partial charge in [-0.05, 0) is 43.8 Å². The molecule has 41 heavy (non-hydrogen) atoms. The number of anilines is 3. The van der Waals surface area contributed by atoms with Crippen molar-refractivity contribution < 1.29 is 9.18 Å². The van der Waals surface area contributed by atoms with Gasteiger partial charge in [0.2, 0.25) is 5.95 Å². The van der Waals surface area contributed by atoms with Crippen LogP contribution in [-0.2, 0) is 13.1 Å². The molecule has 0 aliphatic rings. The second kappa shape index (κ2) is 14.3. The van der Waals surface area contributed by atoms with E-state index in [2.05, 4.69) is 54.2 Å². The molecule has 11 heteroatoms. The molecule has 10 nitrogen and oxygen atoms in total. The van der Waals surface area contributed by atoms with Crippen LogP contribution in [0.3, 0.4) is 0 Å². The zero-order valence-electron chi connectivity index (χ0n) is 22.8. The second-order valence-electron chi connectivity index (χ2n) is 9.14. The first-order valence-corrected chi connectivity index (χ1v) is 13.0. The van der Waals surface area contributed by atoms with E-state index in [1.54, 1.807) is 53.7 Å². The minimum Gasteiger partial charge on any atom is -0.322 e. The third-order valence-corrected chi connectivity index (χ3v) is 6.01. The number of aromatic nitrogens is 4. The number of rotatable bonds is 11. The Morgan fingerprint density at radius 1 is 1.05 bits per heavy atom. The highest BCUT2D eigenvalue weighted by atomic mass is 19.1. The summed E-state index contributed by atoms with van der Waals surface area (Å²) in [6.45, 7) is 4.33. The van der Waals surface area contributed by atoms with Crippen LogP contribution in [0.1, 0.15) is 39.0 Å². The molecule has 208 valence electrons. The first-order chi connectivity index (χ1) is 19.9. The van der Waals surface area contributed by atoms with Crippen molar-refractivity contribution in [3.05, 3.63) is 94.8 Å². The predicted molar refractivity (Wildman–Crippen MR) is 155 cm³/mol. The zero-order chi connectivity index (χ0) is 29.0. The third-order valence-electron chi connectivity index (χ3n) is 6.01. The Labute approximate surface area is 238 Å². The van der Waals surface area contributed by atoms with Crippen molar-refractivity contribution >= 4 is 23.2 Å². The van der Waals surface area contributed by atoms with Crippen LogP contribution in [-0.4, -0.2) is 45.8 Å². The highest BCUT2D eigenvalue weighted by molar-refractivity contribution is 6.04. The zero-order valence-corrected chi connectivity index (χ0v) is 22.8. The maximum Gasteiger partial charge on any atom is 0.255 e. The minimum absolute atomic E-state index is 0.359. The Hall–Kier alpha value is -5.10. The molecule has 2 aromatic heterocycles. The number of aryl methyl sites for hydroxylation is 2. The Morgan fingerprint density at radius 2 is 1.88 bits per heavy atom. The average Bonchev–Trinajstić information content (AvgIpc) is 3.42. The number of carbonyl (C=O) groups is 1. The van der Waals surface area contributed by atoms with Crippen LogP contribution in [0.4, 0.5) is 21.7 Å². The summed E-state index contributed by atoms with van der Waals surface area (Å²) in [4.78, 5) is 21.5. The molecule has 0 fully saturated rings. The molecule has 0 spiro atoms. The number of nitrogens with one attached hydrogen (secondary N) is 4. The summed E-state index contributed by atoms with van der Waals surface area (Å²) < 4.78 is 16.2. The van der Waals surface area contributed by atoms with Crippen molar-refractivity contribution in [2.24, 2.45) is 0 Å². The molecule has 4 rings (SSSR count). The lowest BCUT2D eigenvalue weighted by Gasteiger charge is -2.10. The van der Waals surface area contributed by atoms with E-state index in [1.807, 2.05) is 20.0 Å². The molecule has 0 saturated carbocycles. The van der Waals surface area contributed by atoms with E-state index in [0.717, 1.165) is 18.7 Å². The van der Waals surface area contributed by atoms with Gasteiger partial charge in [-0.1, -0.05) is 24.0 Å². The summed E-state index contributed by atoms with van der Waals surface area (Å²) in [6.07, 6.45) is 6.99. The maximum absolute atomic E-state index is 14.5. The number of nitrogens with zero attached hydrogens (tertiary/aromatic N) is 5. The number of nitriles is 1. The summed E-state index contributed by atoms with van der Waals surface area (Å²) in [5.41, 5.74) is 4.21. The summed E-state index contributed by atoms with van der Waals surface area (Å²) in [6, 6.07) is 12.0. The van der Waals surface area contributed by atoms with Gasteiger partial charge >= 0.3 is 0 Å². The molecule has 4 aromatic rings. The van der Waals surface area contributed by atoms with E-state index in [4.69, 9.17) is 5.26 Å². The van der Waals surface area contributed by atoms with E-state index in [0.29, 0.717) is 59.1 Å². The molecule has 0 aliphatic carbocycles. The van der Waals surface area contributed by atoms with Crippen LogP contribution in [0.2, 0.25) is 0 Å². The summed E-state index contributed by atoms with van der Waals surface area (Å²) in [5.74, 6) is 5.76. The van der Waals surface area contributed by atoms with E-state index in [1.165, 1.54) is 6.07 Å². The monoisotopic (exact) mass is 551 g/mol. The lowest BCUT2D eigenvalue weighted by Crippen LogP contribution is -2.24. The number of benzene rings is 2. The van der Waals surface area contributed by atoms with Crippen LogP contribution >= 0.6 is 0 Å². The Morgan fingerprint density at radius 3 is 2.63 bits per heavy atom. The number of hydrogen-bond donors (Lipinski definition) is 4. The first-order valence-electron chi connectivity index (χ1n) is 13.0. The molecule has 0 radical (unpaired) electrons. The largest absolute Gasteiger partial charge is 0.322 e. The smallest absolute Gasteiger partial charge is 0.255 e. The first kappa shape index (κ1) is 28.9. The molecule has 1 amide bonds. The Kier molecular flexibility index (Phi) is 10.1. The fourth-order valence-electron chi connectivity index (χ4n) is 3.75. The fourth-order valence-corrected chi connectivity index (χ4v) is 3.75. The standard InChI is InChI=1S/C30H30FN9O/c1-21-4-6-24(29(41)38-26-9-8-25(28(31)15-26)18-34-12-11-33-2)14-23(21)7-5-22-16-35-30(36-17-22)39-27-19-37-40(20-27)13-3-10-32/h4,6,8-9,14-17,19-20,33-34H,3,11-13,18H2,1-2H3,(H,38,41)(H,35,36,39). The van der Waals surface area contributed by atoms with E-state index in [-0.39, 0.29) is 11.7 Å². The molecule has 0 atom stereocenters. The topological polar surface area (TPSA) is 133 Å². The van der Waals surface area contributed by atoms with Crippen LogP contribution in [0.5, 0.6) is 0 Å². The number of carbonyl (C=O) groups excluding carboxylic acids is 1. The molecule has 2 aromatic carbocycles. The second-order valence-corrected chi connectivity index (χ2v) is 9.14. The van der Waals surface area contributed by atoms with Crippen LogP contribution in [0.25, 0.3) is 0 Å². The van der Waals surface area contributed by atoms with E-state index >= 15 is 0 Å². The van der Waals surface area contributed by atoms with Crippen molar-refractivity contribution in [2.45, 2.75) is 26.4 Å². The summed E-state index contributed by atoms with van der Waals surface area (Å²) in [7, 11) is 1.86. The number of hydrogen-bond acceptors (Lipinski definition) is 8. The molecule has 2 heterocycles. The van der Waals surface area contributed by atoms with Gasteiger partial charge in [-0.2, -0.15) is 10.4 Å². The van der Waals surface area contributed by atoms with Gasteiger partial charge in [0.25, 0.3) is 5.91 Å². The highest BCUT2D eigenvalue weighted by Gasteiger charge is 2.10. The SMILES string of the molecule is CNCCNCc1ccc(NC(=O)c2ccc(C)c(C#Cc3cnc(Nc4cnn(CCC#N)c4)nc3)c2)cc1F. The van der Waals surface area contributed by atoms with Crippen LogP contribution in [0, 0.1) is 35.9 Å². The molecule has 4 N–H and O–H groups in total. The van der Waals surface area contributed by atoms with Crippen LogP contribution in [0.15, 0.2) is 61.2 Å².